The number of hydrogen-bond donors (Lipinski definition) is 0. The Balaban J connectivity index is 1.72. The van der Waals surface area contributed by atoms with Crippen LogP contribution in [0.15, 0.2) is 0 Å². The summed E-state index contributed by atoms with van der Waals surface area (Å²) in [4.78, 5) is 24.4. The highest BCUT2D eigenvalue weighted by Gasteiger charge is 2.38. The van der Waals surface area contributed by atoms with E-state index in [0.717, 1.165) is 18.8 Å². The van der Waals surface area contributed by atoms with Gasteiger partial charge in [0.1, 0.15) is 11.7 Å². The van der Waals surface area contributed by atoms with Crippen LogP contribution in [-0.2, 0) is 14.3 Å². The Morgan fingerprint density at radius 3 is 2.29 bits per heavy atom. The molecular formula is C21H36O3. The van der Waals surface area contributed by atoms with E-state index in [1.807, 2.05) is 6.92 Å². The maximum absolute atomic E-state index is 12.4. The summed E-state index contributed by atoms with van der Waals surface area (Å²) >= 11 is 0. The fourth-order valence-corrected chi connectivity index (χ4v) is 4.63. The van der Waals surface area contributed by atoms with Gasteiger partial charge in [-0.1, -0.05) is 52.4 Å². The highest BCUT2D eigenvalue weighted by molar-refractivity contribution is 5.99. The van der Waals surface area contributed by atoms with E-state index >= 15 is 0 Å². The molecule has 24 heavy (non-hydrogen) atoms. The van der Waals surface area contributed by atoms with Gasteiger partial charge < -0.3 is 4.74 Å². The Hall–Kier alpha value is -0.860. The zero-order chi connectivity index (χ0) is 17.4. The average molecular weight is 337 g/mol. The van der Waals surface area contributed by atoms with Crippen LogP contribution in [0.3, 0.4) is 0 Å². The van der Waals surface area contributed by atoms with Crippen LogP contribution in [0.2, 0.25) is 0 Å². The molecule has 2 fully saturated rings. The minimum absolute atomic E-state index is 0.137. The van der Waals surface area contributed by atoms with Crippen molar-refractivity contribution in [3.05, 3.63) is 0 Å². The minimum atomic E-state index is -0.474. The molecule has 138 valence electrons. The Morgan fingerprint density at radius 1 is 0.958 bits per heavy atom. The summed E-state index contributed by atoms with van der Waals surface area (Å²) in [6, 6.07) is 0. The Bertz CT molecular complexity index is 396. The van der Waals surface area contributed by atoms with Gasteiger partial charge in [0.25, 0.3) is 0 Å². The number of carbonyl (C=O) groups excluding carboxylic acids is 2. The minimum Gasteiger partial charge on any atom is -0.465 e. The highest BCUT2D eigenvalue weighted by atomic mass is 16.5. The fraction of sp³-hybridized carbons (Fsp3) is 0.905. The number of Topliss-reactive ketones (excluding diaryl/α,β-unsaturated/α-hetero) is 1. The first-order chi connectivity index (χ1) is 11.7. The second kappa shape index (κ2) is 10.2. The maximum atomic E-state index is 12.4. The number of rotatable bonds is 8. The Kier molecular flexibility index (Phi) is 8.28. The molecule has 2 unspecified atom stereocenters. The molecule has 0 aliphatic heterocycles. The second-order valence-electron chi connectivity index (χ2n) is 8.00. The van der Waals surface area contributed by atoms with Crippen molar-refractivity contribution in [3.63, 3.8) is 0 Å². The third-order valence-electron chi connectivity index (χ3n) is 6.19. The summed E-state index contributed by atoms with van der Waals surface area (Å²) in [5.41, 5.74) is 0. The lowest BCUT2D eigenvalue weighted by molar-refractivity contribution is -0.154. The number of ketones is 1. The predicted octanol–water partition coefficient (Wildman–Crippen LogP) is 5.31. The first-order valence-corrected chi connectivity index (χ1v) is 10.3. The van der Waals surface area contributed by atoms with Gasteiger partial charge in [0, 0.05) is 6.42 Å². The van der Waals surface area contributed by atoms with Gasteiger partial charge in [0.15, 0.2) is 0 Å². The Morgan fingerprint density at radius 2 is 1.67 bits per heavy atom. The van der Waals surface area contributed by atoms with E-state index in [2.05, 4.69) is 6.92 Å². The molecule has 0 aromatic heterocycles. The topological polar surface area (TPSA) is 43.4 Å². The van der Waals surface area contributed by atoms with Crippen LogP contribution >= 0.6 is 0 Å². The number of ether oxygens (including phenoxy) is 1. The van der Waals surface area contributed by atoms with Crippen molar-refractivity contribution in [3.8, 4) is 0 Å². The van der Waals surface area contributed by atoms with Crippen molar-refractivity contribution in [2.24, 2.45) is 23.7 Å². The van der Waals surface area contributed by atoms with Crippen molar-refractivity contribution in [1.82, 2.24) is 0 Å². The molecule has 2 atom stereocenters. The lowest BCUT2D eigenvalue weighted by Gasteiger charge is -2.36. The van der Waals surface area contributed by atoms with E-state index in [1.54, 1.807) is 0 Å². The molecule has 0 radical (unpaired) electrons. The van der Waals surface area contributed by atoms with Crippen LogP contribution in [-0.4, -0.2) is 18.4 Å². The van der Waals surface area contributed by atoms with Gasteiger partial charge in [-0.15, -0.1) is 0 Å². The summed E-state index contributed by atoms with van der Waals surface area (Å²) < 4.78 is 5.18. The fourth-order valence-electron chi connectivity index (χ4n) is 4.63. The van der Waals surface area contributed by atoms with Crippen molar-refractivity contribution in [2.75, 3.05) is 6.61 Å². The first-order valence-electron chi connectivity index (χ1n) is 10.3. The quantitative estimate of drug-likeness (QED) is 0.343. The maximum Gasteiger partial charge on any atom is 0.316 e. The van der Waals surface area contributed by atoms with E-state index in [1.165, 1.54) is 51.4 Å². The van der Waals surface area contributed by atoms with Gasteiger partial charge in [-0.3, -0.25) is 9.59 Å². The Labute approximate surface area is 147 Å². The molecule has 0 amide bonds. The number of hydrogen-bond acceptors (Lipinski definition) is 3. The third kappa shape index (κ3) is 5.60. The van der Waals surface area contributed by atoms with Gasteiger partial charge >= 0.3 is 5.97 Å². The number of esters is 1. The van der Waals surface area contributed by atoms with E-state index in [4.69, 9.17) is 4.74 Å². The van der Waals surface area contributed by atoms with Crippen molar-refractivity contribution >= 4 is 11.8 Å². The summed E-state index contributed by atoms with van der Waals surface area (Å²) in [5, 5.41) is 0. The van der Waals surface area contributed by atoms with Gasteiger partial charge in [-0.05, 0) is 49.9 Å². The molecule has 0 bridgehead atoms. The van der Waals surface area contributed by atoms with Crippen LogP contribution in [0.5, 0.6) is 0 Å². The van der Waals surface area contributed by atoms with Crippen LogP contribution in [0.1, 0.15) is 90.9 Å². The van der Waals surface area contributed by atoms with Crippen molar-refractivity contribution in [2.45, 2.75) is 90.9 Å². The van der Waals surface area contributed by atoms with E-state index in [0.29, 0.717) is 31.3 Å². The van der Waals surface area contributed by atoms with Crippen LogP contribution < -0.4 is 0 Å². The molecular weight excluding hydrogens is 300 g/mol. The van der Waals surface area contributed by atoms with E-state index in [9.17, 15) is 9.59 Å². The van der Waals surface area contributed by atoms with Crippen LogP contribution in [0.25, 0.3) is 0 Å². The molecule has 3 heteroatoms. The first kappa shape index (κ1) is 19.5. The monoisotopic (exact) mass is 336 g/mol. The van der Waals surface area contributed by atoms with E-state index < -0.39 is 5.92 Å². The highest BCUT2D eigenvalue weighted by Crippen LogP contribution is 2.41. The number of carbonyl (C=O) groups is 2. The van der Waals surface area contributed by atoms with Crippen LogP contribution in [0.4, 0.5) is 0 Å². The SMILES string of the molecule is CCCCCC1CCC(C2CCC(C(=O)OCCC)C(=O)C2)CC1. The molecule has 2 aliphatic rings. The molecule has 0 aromatic rings. The average Bonchev–Trinajstić information content (AvgIpc) is 2.60. The molecule has 2 saturated carbocycles. The molecule has 0 saturated heterocycles. The molecule has 3 nitrogen and oxygen atoms in total. The summed E-state index contributed by atoms with van der Waals surface area (Å²) in [6.45, 7) is 4.68. The zero-order valence-electron chi connectivity index (χ0n) is 15.7. The van der Waals surface area contributed by atoms with Gasteiger partial charge in [0.2, 0.25) is 0 Å². The predicted molar refractivity (Wildman–Crippen MR) is 96.7 cm³/mol. The number of unbranched alkanes of at least 4 members (excludes halogenated alkanes) is 2. The molecule has 2 aliphatic carbocycles. The molecule has 0 N–H and O–H groups in total. The van der Waals surface area contributed by atoms with Crippen molar-refractivity contribution < 1.29 is 14.3 Å². The van der Waals surface area contributed by atoms with E-state index in [-0.39, 0.29) is 11.8 Å². The smallest absolute Gasteiger partial charge is 0.316 e. The van der Waals surface area contributed by atoms with Crippen molar-refractivity contribution in [1.29, 1.82) is 0 Å². The largest absolute Gasteiger partial charge is 0.465 e. The van der Waals surface area contributed by atoms with Gasteiger partial charge in [-0.2, -0.15) is 0 Å². The lowest BCUT2D eigenvalue weighted by atomic mass is 9.68. The lowest BCUT2D eigenvalue weighted by Crippen LogP contribution is -2.35. The van der Waals surface area contributed by atoms with Gasteiger partial charge in [-0.25, -0.2) is 0 Å². The molecule has 0 heterocycles. The zero-order valence-corrected chi connectivity index (χ0v) is 15.7. The third-order valence-corrected chi connectivity index (χ3v) is 6.19. The molecule has 2 rings (SSSR count). The summed E-state index contributed by atoms with van der Waals surface area (Å²) in [6.07, 6.45) is 13.9. The van der Waals surface area contributed by atoms with Crippen LogP contribution in [0, 0.1) is 23.7 Å². The summed E-state index contributed by atoms with van der Waals surface area (Å²) in [7, 11) is 0. The standard InChI is InChI=1S/C21H36O3/c1-3-5-6-7-16-8-10-17(11-9-16)18-12-13-19(20(22)15-18)21(23)24-14-4-2/h16-19H,3-15H2,1-2H3. The van der Waals surface area contributed by atoms with Gasteiger partial charge in [0.05, 0.1) is 6.61 Å². The molecule has 0 spiro atoms. The summed E-state index contributed by atoms with van der Waals surface area (Å²) in [5.74, 6) is 1.53. The second-order valence-corrected chi connectivity index (χ2v) is 8.00. The molecule has 0 aromatic carbocycles. The normalized spacial score (nSPS) is 31.0.